The zero-order valence-corrected chi connectivity index (χ0v) is 13.1. The lowest BCUT2D eigenvalue weighted by Crippen LogP contribution is -2.14. The third kappa shape index (κ3) is 3.32. The van der Waals surface area contributed by atoms with Gasteiger partial charge in [0.2, 0.25) is 0 Å². The average molecular weight is 286 g/mol. The van der Waals surface area contributed by atoms with Gasteiger partial charge in [0.25, 0.3) is 0 Å². The second-order valence-electron chi connectivity index (χ2n) is 5.31. The first-order valence-electron chi connectivity index (χ1n) is 7.26. The third-order valence-corrected chi connectivity index (χ3v) is 3.58. The molecule has 0 amide bonds. The minimum atomic E-state index is 0.0477. The summed E-state index contributed by atoms with van der Waals surface area (Å²) >= 11 is 0. The number of benzene rings is 1. The molecule has 0 aliphatic heterocycles. The first-order chi connectivity index (χ1) is 10.1. The number of nitrogens with zero attached hydrogens (tertiary/aromatic N) is 2. The van der Waals surface area contributed by atoms with Crippen LogP contribution in [0.4, 0.5) is 0 Å². The SMILES string of the molecule is CCCn1ncc(OC)c1C(=O)Cc1cc(C)ccc1C. The fourth-order valence-electron chi connectivity index (χ4n) is 2.43. The predicted molar refractivity (Wildman–Crippen MR) is 83.0 cm³/mol. The number of carbonyl (C=O) groups is 1. The quantitative estimate of drug-likeness (QED) is 0.765. The minimum absolute atomic E-state index is 0.0477. The van der Waals surface area contributed by atoms with E-state index in [9.17, 15) is 4.79 Å². The van der Waals surface area contributed by atoms with Crippen molar-refractivity contribution in [3.8, 4) is 5.75 Å². The lowest BCUT2D eigenvalue weighted by molar-refractivity contribution is 0.0979. The number of ketones is 1. The van der Waals surface area contributed by atoms with Gasteiger partial charge >= 0.3 is 0 Å². The van der Waals surface area contributed by atoms with Crippen molar-refractivity contribution in [1.29, 1.82) is 0 Å². The van der Waals surface area contributed by atoms with Gasteiger partial charge in [-0.2, -0.15) is 5.10 Å². The van der Waals surface area contributed by atoms with Crippen LogP contribution in [0.3, 0.4) is 0 Å². The summed E-state index contributed by atoms with van der Waals surface area (Å²) in [5.41, 5.74) is 3.93. The highest BCUT2D eigenvalue weighted by atomic mass is 16.5. The Labute approximate surface area is 125 Å². The van der Waals surface area contributed by atoms with Gasteiger partial charge in [-0.1, -0.05) is 30.7 Å². The van der Waals surface area contributed by atoms with E-state index in [1.54, 1.807) is 18.0 Å². The van der Waals surface area contributed by atoms with E-state index < -0.39 is 0 Å². The van der Waals surface area contributed by atoms with Crippen molar-refractivity contribution in [1.82, 2.24) is 9.78 Å². The molecule has 0 radical (unpaired) electrons. The number of hydrogen-bond acceptors (Lipinski definition) is 3. The number of Topliss-reactive ketones (excluding diaryl/α,β-unsaturated/α-hetero) is 1. The van der Waals surface area contributed by atoms with Crippen LogP contribution in [0.1, 0.15) is 40.5 Å². The van der Waals surface area contributed by atoms with Crippen molar-refractivity contribution in [3.05, 3.63) is 46.8 Å². The predicted octanol–water partition coefficient (Wildman–Crippen LogP) is 3.34. The topological polar surface area (TPSA) is 44.1 Å². The zero-order chi connectivity index (χ0) is 15.4. The van der Waals surface area contributed by atoms with Gasteiger partial charge in [0.1, 0.15) is 5.69 Å². The summed E-state index contributed by atoms with van der Waals surface area (Å²) in [5, 5.41) is 4.25. The Hall–Kier alpha value is -2.10. The van der Waals surface area contributed by atoms with E-state index in [0.29, 0.717) is 17.9 Å². The van der Waals surface area contributed by atoms with Gasteiger partial charge in [0, 0.05) is 13.0 Å². The molecule has 21 heavy (non-hydrogen) atoms. The lowest BCUT2D eigenvalue weighted by atomic mass is 9.99. The molecule has 0 spiro atoms. The van der Waals surface area contributed by atoms with Gasteiger partial charge in [0.15, 0.2) is 11.5 Å². The number of ether oxygens (including phenoxy) is 1. The van der Waals surface area contributed by atoms with E-state index in [-0.39, 0.29) is 5.78 Å². The van der Waals surface area contributed by atoms with Crippen LogP contribution in [0.2, 0.25) is 0 Å². The third-order valence-electron chi connectivity index (χ3n) is 3.58. The smallest absolute Gasteiger partial charge is 0.189 e. The van der Waals surface area contributed by atoms with Crippen molar-refractivity contribution >= 4 is 5.78 Å². The summed E-state index contributed by atoms with van der Waals surface area (Å²) in [4.78, 5) is 12.7. The van der Waals surface area contributed by atoms with Crippen LogP contribution in [-0.2, 0) is 13.0 Å². The van der Waals surface area contributed by atoms with Crippen LogP contribution in [0.15, 0.2) is 24.4 Å². The molecule has 0 fully saturated rings. The van der Waals surface area contributed by atoms with Gasteiger partial charge in [0.05, 0.1) is 13.3 Å². The van der Waals surface area contributed by atoms with E-state index in [4.69, 9.17) is 4.74 Å². The van der Waals surface area contributed by atoms with Gasteiger partial charge < -0.3 is 4.74 Å². The number of aryl methyl sites for hydroxylation is 3. The van der Waals surface area contributed by atoms with Gasteiger partial charge in [-0.25, -0.2) is 0 Å². The highest BCUT2D eigenvalue weighted by molar-refractivity contribution is 5.98. The maximum atomic E-state index is 12.7. The van der Waals surface area contributed by atoms with Gasteiger partial charge in [-0.15, -0.1) is 0 Å². The molecular formula is C17H22N2O2. The van der Waals surface area contributed by atoms with E-state index >= 15 is 0 Å². The molecule has 0 unspecified atom stereocenters. The Balaban J connectivity index is 2.31. The van der Waals surface area contributed by atoms with Crippen LogP contribution in [-0.4, -0.2) is 22.7 Å². The number of hydrogen-bond donors (Lipinski definition) is 0. The molecule has 0 saturated heterocycles. The normalized spacial score (nSPS) is 10.7. The largest absolute Gasteiger partial charge is 0.493 e. The summed E-state index contributed by atoms with van der Waals surface area (Å²) in [7, 11) is 1.57. The van der Waals surface area contributed by atoms with E-state index in [2.05, 4.69) is 30.2 Å². The van der Waals surface area contributed by atoms with Gasteiger partial charge in [-0.05, 0) is 31.4 Å². The summed E-state index contributed by atoms with van der Waals surface area (Å²) < 4.78 is 7.02. The summed E-state index contributed by atoms with van der Waals surface area (Å²) in [6.07, 6.45) is 2.92. The molecule has 0 atom stereocenters. The maximum absolute atomic E-state index is 12.7. The fraction of sp³-hybridized carbons (Fsp3) is 0.412. The second-order valence-corrected chi connectivity index (χ2v) is 5.31. The monoisotopic (exact) mass is 286 g/mol. The molecule has 0 aliphatic carbocycles. The molecule has 2 rings (SSSR count). The van der Waals surface area contributed by atoms with Gasteiger partial charge in [-0.3, -0.25) is 9.48 Å². The molecule has 1 heterocycles. The summed E-state index contributed by atoms with van der Waals surface area (Å²) in [6.45, 7) is 6.85. The van der Waals surface area contributed by atoms with Crippen LogP contribution in [0.25, 0.3) is 0 Å². The molecule has 2 aromatic rings. The highest BCUT2D eigenvalue weighted by Crippen LogP contribution is 2.21. The highest BCUT2D eigenvalue weighted by Gasteiger charge is 2.20. The molecule has 0 N–H and O–H groups in total. The molecule has 0 saturated carbocycles. The van der Waals surface area contributed by atoms with Crippen molar-refractivity contribution in [2.24, 2.45) is 0 Å². The molecule has 112 valence electrons. The molecule has 1 aromatic carbocycles. The Morgan fingerprint density at radius 3 is 2.76 bits per heavy atom. The first-order valence-corrected chi connectivity index (χ1v) is 7.26. The Bertz CT molecular complexity index is 644. The van der Waals surface area contributed by atoms with Crippen molar-refractivity contribution in [2.45, 2.75) is 40.2 Å². The molecule has 1 aromatic heterocycles. The Morgan fingerprint density at radius 1 is 1.33 bits per heavy atom. The number of rotatable bonds is 6. The van der Waals surface area contributed by atoms with Crippen molar-refractivity contribution < 1.29 is 9.53 Å². The van der Waals surface area contributed by atoms with E-state index in [0.717, 1.165) is 29.7 Å². The van der Waals surface area contributed by atoms with Crippen LogP contribution >= 0.6 is 0 Å². The maximum Gasteiger partial charge on any atom is 0.189 e. The minimum Gasteiger partial charge on any atom is -0.493 e. The standard InChI is InChI=1S/C17H22N2O2/c1-5-8-19-17(16(21-4)11-18-19)15(20)10-14-9-12(2)6-7-13(14)3/h6-7,9,11H,5,8,10H2,1-4H3. The molecule has 0 bridgehead atoms. The first kappa shape index (κ1) is 15.3. The average Bonchev–Trinajstić information content (AvgIpc) is 2.86. The fourth-order valence-corrected chi connectivity index (χ4v) is 2.43. The summed E-state index contributed by atoms with van der Waals surface area (Å²) in [5.74, 6) is 0.602. The summed E-state index contributed by atoms with van der Waals surface area (Å²) in [6, 6.07) is 6.18. The van der Waals surface area contributed by atoms with E-state index in [1.807, 2.05) is 13.8 Å². The number of methoxy groups -OCH3 is 1. The van der Waals surface area contributed by atoms with Crippen molar-refractivity contribution in [2.75, 3.05) is 7.11 Å². The Kier molecular flexibility index (Phi) is 4.78. The number of carbonyl (C=O) groups excluding carboxylic acids is 1. The van der Waals surface area contributed by atoms with Crippen LogP contribution < -0.4 is 4.74 Å². The van der Waals surface area contributed by atoms with Crippen LogP contribution in [0, 0.1) is 13.8 Å². The molecule has 4 heteroatoms. The molecular weight excluding hydrogens is 264 g/mol. The Morgan fingerprint density at radius 2 is 2.10 bits per heavy atom. The number of aromatic nitrogens is 2. The van der Waals surface area contributed by atoms with Crippen molar-refractivity contribution in [3.63, 3.8) is 0 Å². The van der Waals surface area contributed by atoms with Crippen LogP contribution in [0.5, 0.6) is 5.75 Å². The molecule has 0 aliphatic rings. The second kappa shape index (κ2) is 6.57. The van der Waals surface area contributed by atoms with E-state index in [1.165, 1.54) is 0 Å². The lowest BCUT2D eigenvalue weighted by Gasteiger charge is -2.09. The molecule has 4 nitrogen and oxygen atoms in total. The zero-order valence-electron chi connectivity index (χ0n) is 13.1.